The Bertz CT molecular complexity index is 761. The minimum Gasteiger partial charge on any atom is -0.466 e. The third-order valence-corrected chi connectivity index (χ3v) is 3.57. The van der Waals surface area contributed by atoms with Crippen LogP contribution in [0.5, 0.6) is 0 Å². The highest BCUT2D eigenvalue weighted by molar-refractivity contribution is 5.69. The number of hydrogen-bond acceptors (Lipinski definition) is 3. The van der Waals surface area contributed by atoms with Crippen molar-refractivity contribution in [1.82, 2.24) is 14.3 Å². The summed E-state index contributed by atoms with van der Waals surface area (Å²) in [5.74, 6) is 0.768. The number of aromatic nitrogens is 3. The molecular weight excluding hydrogens is 290 g/mol. The molecule has 2 aromatic heterocycles. The Balaban J connectivity index is 1.94. The van der Waals surface area contributed by atoms with Crippen molar-refractivity contribution in [3.8, 4) is 11.5 Å². The van der Waals surface area contributed by atoms with Gasteiger partial charge in [-0.25, -0.2) is 4.68 Å². The molecule has 0 aliphatic carbocycles. The fraction of sp³-hybridized carbons (Fsp3) is 0.222. The standard InChI is InChI=1S/C18H19N3O2/c1-2-23-17(22)11-10-15-14-19-21(16-8-4-3-5-9-16)18(15)20-12-6-7-13-20/h3-9,12-14H,2,10-11H2,1H3. The van der Waals surface area contributed by atoms with Gasteiger partial charge in [0.1, 0.15) is 5.82 Å². The molecule has 2 heterocycles. The summed E-state index contributed by atoms with van der Waals surface area (Å²) in [5.41, 5.74) is 2.00. The van der Waals surface area contributed by atoms with Gasteiger partial charge in [0.05, 0.1) is 18.5 Å². The van der Waals surface area contributed by atoms with Crippen molar-refractivity contribution in [2.45, 2.75) is 19.8 Å². The molecule has 0 atom stereocenters. The van der Waals surface area contributed by atoms with E-state index in [9.17, 15) is 4.79 Å². The summed E-state index contributed by atoms with van der Waals surface area (Å²) < 4.78 is 8.92. The largest absolute Gasteiger partial charge is 0.466 e. The van der Waals surface area contributed by atoms with E-state index in [4.69, 9.17) is 4.74 Å². The Morgan fingerprint density at radius 2 is 1.87 bits per heavy atom. The lowest BCUT2D eigenvalue weighted by Crippen LogP contribution is -2.08. The lowest BCUT2D eigenvalue weighted by Gasteiger charge is -2.11. The van der Waals surface area contributed by atoms with Gasteiger partial charge < -0.3 is 9.30 Å². The smallest absolute Gasteiger partial charge is 0.306 e. The van der Waals surface area contributed by atoms with Crippen molar-refractivity contribution in [3.05, 3.63) is 66.6 Å². The molecule has 0 aliphatic heterocycles. The summed E-state index contributed by atoms with van der Waals surface area (Å²) in [6.45, 7) is 2.23. The molecule has 0 radical (unpaired) electrons. The molecule has 0 fully saturated rings. The summed E-state index contributed by atoms with van der Waals surface area (Å²) in [7, 11) is 0. The topological polar surface area (TPSA) is 49.0 Å². The van der Waals surface area contributed by atoms with Crippen LogP contribution in [0.15, 0.2) is 61.1 Å². The van der Waals surface area contributed by atoms with E-state index < -0.39 is 0 Å². The van der Waals surface area contributed by atoms with Gasteiger partial charge >= 0.3 is 5.97 Å². The van der Waals surface area contributed by atoms with Gasteiger partial charge in [0.25, 0.3) is 0 Å². The average Bonchev–Trinajstić information content (AvgIpc) is 3.23. The van der Waals surface area contributed by atoms with Crippen molar-refractivity contribution < 1.29 is 9.53 Å². The highest BCUT2D eigenvalue weighted by atomic mass is 16.5. The van der Waals surface area contributed by atoms with Crippen LogP contribution in [0.1, 0.15) is 18.9 Å². The quantitative estimate of drug-likeness (QED) is 0.657. The van der Waals surface area contributed by atoms with Crippen LogP contribution in [0.3, 0.4) is 0 Å². The minimum atomic E-state index is -0.182. The van der Waals surface area contributed by atoms with Crippen molar-refractivity contribution in [1.29, 1.82) is 0 Å². The van der Waals surface area contributed by atoms with E-state index in [1.807, 2.05) is 77.2 Å². The van der Waals surface area contributed by atoms with Gasteiger partial charge in [-0.2, -0.15) is 5.10 Å². The van der Waals surface area contributed by atoms with Gasteiger partial charge in [-0.05, 0) is 37.6 Å². The van der Waals surface area contributed by atoms with Gasteiger partial charge in [-0.15, -0.1) is 0 Å². The molecule has 0 N–H and O–H groups in total. The third kappa shape index (κ3) is 3.34. The van der Waals surface area contributed by atoms with Crippen molar-refractivity contribution in [2.24, 2.45) is 0 Å². The SMILES string of the molecule is CCOC(=O)CCc1cnn(-c2ccccc2)c1-n1cccc1. The molecule has 0 bridgehead atoms. The van der Waals surface area contributed by atoms with Crippen LogP contribution >= 0.6 is 0 Å². The zero-order valence-corrected chi connectivity index (χ0v) is 13.1. The number of nitrogens with zero attached hydrogens (tertiary/aromatic N) is 3. The van der Waals surface area contributed by atoms with E-state index >= 15 is 0 Å². The molecule has 118 valence electrons. The van der Waals surface area contributed by atoms with E-state index in [2.05, 4.69) is 5.10 Å². The molecule has 3 aromatic rings. The summed E-state index contributed by atoms with van der Waals surface area (Å²) in [4.78, 5) is 11.6. The zero-order chi connectivity index (χ0) is 16.1. The monoisotopic (exact) mass is 309 g/mol. The van der Waals surface area contributed by atoms with Gasteiger partial charge in [0.15, 0.2) is 0 Å². The van der Waals surface area contributed by atoms with E-state index in [0.717, 1.165) is 17.1 Å². The maximum absolute atomic E-state index is 11.6. The maximum atomic E-state index is 11.6. The second kappa shape index (κ2) is 6.96. The molecule has 3 rings (SSSR count). The fourth-order valence-corrected chi connectivity index (χ4v) is 2.53. The van der Waals surface area contributed by atoms with E-state index in [-0.39, 0.29) is 5.97 Å². The van der Waals surface area contributed by atoms with Crippen LogP contribution in [-0.4, -0.2) is 26.9 Å². The van der Waals surface area contributed by atoms with Gasteiger partial charge in [-0.3, -0.25) is 4.79 Å². The lowest BCUT2D eigenvalue weighted by molar-refractivity contribution is -0.143. The molecule has 0 saturated carbocycles. The molecular formula is C18H19N3O2. The predicted octanol–water partition coefficient (Wildman–Crippen LogP) is 3.16. The first-order valence-electron chi connectivity index (χ1n) is 7.71. The van der Waals surface area contributed by atoms with E-state index in [1.54, 1.807) is 0 Å². The zero-order valence-electron chi connectivity index (χ0n) is 13.1. The van der Waals surface area contributed by atoms with Crippen LogP contribution < -0.4 is 0 Å². The van der Waals surface area contributed by atoms with Crippen molar-refractivity contribution >= 4 is 5.97 Å². The Hall–Kier alpha value is -2.82. The van der Waals surface area contributed by atoms with Crippen LogP contribution in [0.2, 0.25) is 0 Å². The normalized spacial score (nSPS) is 10.7. The van der Waals surface area contributed by atoms with Crippen LogP contribution in [0.25, 0.3) is 11.5 Å². The number of carbonyl (C=O) groups is 1. The minimum absolute atomic E-state index is 0.182. The van der Waals surface area contributed by atoms with E-state index in [1.165, 1.54) is 0 Å². The number of rotatable bonds is 6. The number of carbonyl (C=O) groups excluding carboxylic acids is 1. The molecule has 0 unspecified atom stereocenters. The number of hydrogen-bond donors (Lipinski definition) is 0. The Morgan fingerprint density at radius 3 is 2.57 bits per heavy atom. The summed E-state index contributed by atoms with van der Waals surface area (Å²) in [6, 6.07) is 13.9. The first-order chi connectivity index (χ1) is 11.3. The third-order valence-electron chi connectivity index (χ3n) is 3.57. The number of benzene rings is 1. The predicted molar refractivity (Wildman–Crippen MR) is 87.8 cm³/mol. The average molecular weight is 309 g/mol. The van der Waals surface area contributed by atoms with Crippen molar-refractivity contribution in [3.63, 3.8) is 0 Å². The molecule has 0 spiro atoms. The first kappa shape index (κ1) is 15.1. The summed E-state index contributed by atoms with van der Waals surface area (Å²) in [5, 5.41) is 4.51. The van der Waals surface area contributed by atoms with E-state index in [0.29, 0.717) is 19.4 Å². The molecule has 0 amide bonds. The Morgan fingerprint density at radius 1 is 1.13 bits per heavy atom. The Kier molecular flexibility index (Phi) is 4.57. The van der Waals surface area contributed by atoms with Gasteiger partial charge in [-0.1, -0.05) is 18.2 Å². The molecule has 23 heavy (non-hydrogen) atoms. The van der Waals surface area contributed by atoms with Crippen LogP contribution in [0.4, 0.5) is 0 Å². The highest BCUT2D eigenvalue weighted by Crippen LogP contribution is 2.21. The number of aryl methyl sites for hydroxylation is 1. The number of ether oxygens (including phenoxy) is 1. The number of para-hydroxylation sites is 1. The van der Waals surface area contributed by atoms with Crippen LogP contribution in [-0.2, 0) is 16.0 Å². The van der Waals surface area contributed by atoms with Gasteiger partial charge in [0, 0.05) is 24.4 Å². The Labute approximate surface area is 135 Å². The molecule has 1 aromatic carbocycles. The maximum Gasteiger partial charge on any atom is 0.306 e. The summed E-state index contributed by atoms with van der Waals surface area (Å²) >= 11 is 0. The number of esters is 1. The molecule has 0 saturated heterocycles. The molecule has 5 heteroatoms. The van der Waals surface area contributed by atoms with Crippen LogP contribution in [0, 0.1) is 0 Å². The fourth-order valence-electron chi connectivity index (χ4n) is 2.53. The molecule has 5 nitrogen and oxygen atoms in total. The second-order valence-electron chi connectivity index (χ2n) is 5.14. The highest BCUT2D eigenvalue weighted by Gasteiger charge is 2.15. The lowest BCUT2D eigenvalue weighted by atomic mass is 10.2. The second-order valence-corrected chi connectivity index (χ2v) is 5.14. The summed E-state index contributed by atoms with van der Waals surface area (Å²) in [6.07, 6.45) is 6.72. The van der Waals surface area contributed by atoms with Crippen molar-refractivity contribution in [2.75, 3.05) is 6.61 Å². The van der Waals surface area contributed by atoms with Gasteiger partial charge in [0.2, 0.25) is 0 Å². The molecule has 0 aliphatic rings. The first-order valence-corrected chi connectivity index (χ1v) is 7.71.